The van der Waals surface area contributed by atoms with Crippen LogP contribution in [-0.2, 0) is 11.3 Å². The van der Waals surface area contributed by atoms with Gasteiger partial charge in [0.1, 0.15) is 11.9 Å². The van der Waals surface area contributed by atoms with Gasteiger partial charge in [-0.2, -0.15) is 0 Å². The molecule has 9 nitrogen and oxygen atoms in total. The zero-order valence-electron chi connectivity index (χ0n) is 12.9. The monoisotopic (exact) mass is 323 g/mol. The van der Waals surface area contributed by atoms with Crippen molar-refractivity contribution < 1.29 is 14.6 Å². The van der Waals surface area contributed by atoms with Gasteiger partial charge < -0.3 is 30.6 Å². The first-order valence-electron chi connectivity index (χ1n) is 7.24. The minimum Gasteiger partial charge on any atom is -0.491 e. The standard InChI is InChI=1S/C14H21N5O4/c1-22-12-9(16-5-3-10(12)21)8-23-11-7-18-14(15)19-13(11)17-4-2-6-20/h3,5,11,20H,2,4,6-8H2,1H3,(H,16,21)(H3,15,17,18,19). The average Bonchev–Trinajstić information content (AvgIpc) is 2.54. The lowest BCUT2D eigenvalue weighted by Gasteiger charge is -2.24. The predicted molar refractivity (Wildman–Crippen MR) is 85.8 cm³/mol. The number of aliphatic hydroxyl groups is 1. The number of nitrogens with zero attached hydrogens (tertiary/aromatic N) is 2. The van der Waals surface area contributed by atoms with Crippen molar-refractivity contribution in [3.63, 3.8) is 0 Å². The van der Waals surface area contributed by atoms with Gasteiger partial charge in [0.15, 0.2) is 11.7 Å². The van der Waals surface area contributed by atoms with Crippen LogP contribution in [0.1, 0.15) is 12.1 Å². The molecule has 1 atom stereocenters. The molecule has 0 bridgehead atoms. The minimum atomic E-state index is -0.408. The molecule has 9 heteroatoms. The minimum absolute atomic E-state index is 0.0638. The van der Waals surface area contributed by atoms with Crippen LogP contribution in [0.25, 0.3) is 0 Å². The summed E-state index contributed by atoms with van der Waals surface area (Å²) < 4.78 is 10.9. The van der Waals surface area contributed by atoms with Gasteiger partial charge in [-0.25, -0.2) is 4.99 Å². The summed E-state index contributed by atoms with van der Waals surface area (Å²) in [6.07, 6.45) is 1.68. The molecule has 1 aliphatic heterocycles. The van der Waals surface area contributed by atoms with Crippen LogP contribution in [0.3, 0.4) is 0 Å². The third kappa shape index (κ3) is 4.54. The molecule has 2 rings (SSSR count). The van der Waals surface area contributed by atoms with Crippen molar-refractivity contribution in [3.8, 4) is 5.75 Å². The second-order valence-electron chi connectivity index (χ2n) is 4.85. The van der Waals surface area contributed by atoms with E-state index in [0.717, 1.165) is 0 Å². The molecule has 0 spiro atoms. The molecule has 0 fully saturated rings. The fraction of sp³-hybridized carbons (Fsp3) is 0.500. The van der Waals surface area contributed by atoms with E-state index in [0.29, 0.717) is 31.0 Å². The molecule has 0 aromatic carbocycles. The Balaban J connectivity index is 2.07. The smallest absolute Gasteiger partial charge is 0.223 e. The Morgan fingerprint density at radius 1 is 1.57 bits per heavy atom. The Kier molecular flexibility index (Phi) is 6.12. The van der Waals surface area contributed by atoms with Crippen LogP contribution in [0.15, 0.2) is 27.0 Å². The van der Waals surface area contributed by atoms with Gasteiger partial charge in [-0.1, -0.05) is 0 Å². The molecule has 23 heavy (non-hydrogen) atoms. The normalized spacial score (nSPS) is 19.3. The Morgan fingerprint density at radius 2 is 2.39 bits per heavy atom. The van der Waals surface area contributed by atoms with Crippen molar-refractivity contribution in [2.75, 3.05) is 26.8 Å². The average molecular weight is 323 g/mol. The van der Waals surface area contributed by atoms with Crippen LogP contribution >= 0.6 is 0 Å². The number of amidine groups is 1. The number of aliphatic imine (C=N–C) groups is 2. The Labute approximate surface area is 133 Å². The molecule has 1 aromatic heterocycles. The summed E-state index contributed by atoms with van der Waals surface area (Å²) >= 11 is 0. The number of ether oxygens (including phenoxy) is 2. The largest absolute Gasteiger partial charge is 0.491 e. The van der Waals surface area contributed by atoms with Gasteiger partial charge in [-0.3, -0.25) is 9.79 Å². The highest BCUT2D eigenvalue weighted by molar-refractivity contribution is 6.03. The summed E-state index contributed by atoms with van der Waals surface area (Å²) in [5, 5.41) is 11.7. The second-order valence-corrected chi connectivity index (χ2v) is 4.85. The van der Waals surface area contributed by atoms with Crippen molar-refractivity contribution in [1.82, 2.24) is 10.3 Å². The lowest BCUT2D eigenvalue weighted by molar-refractivity contribution is 0.0828. The van der Waals surface area contributed by atoms with Gasteiger partial charge in [0, 0.05) is 25.4 Å². The molecule has 0 amide bonds. The Hall–Kier alpha value is -2.39. The number of rotatable bonds is 7. The fourth-order valence-electron chi connectivity index (χ4n) is 2.08. The van der Waals surface area contributed by atoms with E-state index in [9.17, 15) is 4.79 Å². The van der Waals surface area contributed by atoms with E-state index in [1.807, 2.05) is 0 Å². The van der Waals surface area contributed by atoms with Crippen LogP contribution in [0.2, 0.25) is 0 Å². The molecule has 0 saturated carbocycles. The topological polar surface area (TPSA) is 134 Å². The van der Waals surface area contributed by atoms with Crippen molar-refractivity contribution >= 4 is 11.8 Å². The molecule has 0 saturated heterocycles. The molecule has 0 radical (unpaired) electrons. The van der Waals surface area contributed by atoms with Crippen molar-refractivity contribution in [2.24, 2.45) is 15.7 Å². The van der Waals surface area contributed by atoms with Gasteiger partial charge in [0.2, 0.25) is 5.43 Å². The van der Waals surface area contributed by atoms with Crippen LogP contribution in [0.4, 0.5) is 0 Å². The maximum Gasteiger partial charge on any atom is 0.223 e. The van der Waals surface area contributed by atoms with E-state index in [-0.39, 0.29) is 30.4 Å². The summed E-state index contributed by atoms with van der Waals surface area (Å²) in [5.41, 5.74) is 5.97. The van der Waals surface area contributed by atoms with E-state index in [2.05, 4.69) is 20.3 Å². The van der Waals surface area contributed by atoms with Gasteiger partial charge in [0.25, 0.3) is 0 Å². The van der Waals surface area contributed by atoms with Gasteiger partial charge in [-0.05, 0) is 6.42 Å². The summed E-state index contributed by atoms with van der Waals surface area (Å²) in [5.74, 6) is 1.06. The maximum atomic E-state index is 11.7. The summed E-state index contributed by atoms with van der Waals surface area (Å²) in [6.45, 7) is 0.988. The molecule has 126 valence electrons. The first kappa shape index (κ1) is 17.0. The number of aromatic amines is 1. The van der Waals surface area contributed by atoms with E-state index in [4.69, 9.17) is 20.3 Å². The highest BCUT2D eigenvalue weighted by Gasteiger charge is 2.22. The second kappa shape index (κ2) is 8.30. The third-order valence-electron chi connectivity index (χ3n) is 3.21. The van der Waals surface area contributed by atoms with E-state index in [1.165, 1.54) is 19.4 Å². The van der Waals surface area contributed by atoms with Gasteiger partial charge in [0.05, 0.1) is 26.0 Å². The van der Waals surface area contributed by atoms with Gasteiger partial charge >= 0.3 is 0 Å². The highest BCUT2D eigenvalue weighted by Crippen LogP contribution is 2.12. The number of aromatic nitrogens is 1. The van der Waals surface area contributed by atoms with E-state index >= 15 is 0 Å². The SMILES string of the molecule is COc1c(COC2CN=C(N)NC2=NCCCO)[nH]ccc1=O. The number of hydrogen-bond acceptors (Lipinski definition) is 7. The number of nitrogens with one attached hydrogen (secondary N) is 2. The highest BCUT2D eigenvalue weighted by atomic mass is 16.5. The third-order valence-corrected chi connectivity index (χ3v) is 3.21. The fourth-order valence-corrected chi connectivity index (χ4v) is 2.08. The first-order chi connectivity index (χ1) is 11.2. The van der Waals surface area contributed by atoms with Crippen molar-refractivity contribution in [3.05, 3.63) is 28.2 Å². The van der Waals surface area contributed by atoms with Crippen LogP contribution in [0, 0.1) is 0 Å². The van der Waals surface area contributed by atoms with Gasteiger partial charge in [-0.15, -0.1) is 0 Å². The number of pyridine rings is 1. The molecule has 5 N–H and O–H groups in total. The maximum absolute atomic E-state index is 11.7. The predicted octanol–water partition coefficient (Wildman–Crippen LogP) is -1.03. The zero-order valence-corrected chi connectivity index (χ0v) is 12.9. The lowest BCUT2D eigenvalue weighted by Crippen LogP contribution is -2.49. The van der Waals surface area contributed by atoms with Crippen LogP contribution < -0.4 is 21.2 Å². The van der Waals surface area contributed by atoms with Crippen molar-refractivity contribution in [1.29, 1.82) is 0 Å². The zero-order chi connectivity index (χ0) is 16.7. The van der Waals surface area contributed by atoms with Crippen molar-refractivity contribution in [2.45, 2.75) is 19.1 Å². The first-order valence-corrected chi connectivity index (χ1v) is 7.24. The number of methoxy groups -OCH3 is 1. The number of H-pyrrole nitrogens is 1. The van der Waals surface area contributed by atoms with E-state index < -0.39 is 6.10 Å². The molecular weight excluding hydrogens is 302 g/mol. The lowest BCUT2D eigenvalue weighted by atomic mass is 10.2. The summed E-state index contributed by atoms with van der Waals surface area (Å²) in [7, 11) is 1.43. The van der Waals surface area contributed by atoms with E-state index in [1.54, 1.807) is 0 Å². The van der Waals surface area contributed by atoms with Crippen LogP contribution in [0.5, 0.6) is 5.75 Å². The number of guanidine groups is 1. The molecule has 1 aromatic rings. The molecule has 1 aliphatic rings. The van der Waals surface area contributed by atoms with Crippen LogP contribution in [-0.4, -0.2) is 54.8 Å². The number of hydrogen-bond donors (Lipinski definition) is 4. The number of nitrogens with two attached hydrogens (primary N) is 1. The molecule has 2 heterocycles. The summed E-state index contributed by atoms with van der Waals surface area (Å²) in [6, 6.07) is 1.39. The molecular formula is C14H21N5O4. The molecule has 0 aliphatic carbocycles. The quantitative estimate of drug-likeness (QED) is 0.474. The molecule has 1 unspecified atom stereocenters. The Bertz CT molecular complexity index is 640. The Morgan fingerprint density at radius 3 is 3.13 bits per heavy atom. The number of aliphatic hydroxyl groups excluding tert-OH is 1. The summed E-state index contributed by atoms with van der Waals surface area (Å²) in [4.78, 5) is 23.1.